The van der Waals surface area contributed by atoms with E-state index in [-0.39, 0.29) is 18.9 Å². The zero-order chi connectivity index (χ0) is 16.2. The number of nitrogens with zero attached hydrogens (tertiary/aromatic N) is 1. The lowest BCUT2D eigenvalue weighted by atomic mass is 10.2. The predicted molar refractivity (Wildman–Crippen MR) is 82.6 cm³/mol. The van der Waals surface area contributed by atoms with Crippen LogP contribution in [0.25, 0.3) is 0 Å². The summed E-state index contributed by atoms with van der Waals surface area (Å²) in [7, 11) is -1.88. The molecule has 0 fully saturated rings. The molecule has 0 aliphatic carbocycles. The fraction of sp³-hybridized carbons (Fsp3) is 0.500. The maximum atomic E-state index is 12.1. The maximum absolute atomic E-state index is 12.1. The summed E-state index contributed by atoms with van der Waals surface area (Å²) in [6, 6.07) is 6.81. The number of sulfonamides is 1. The number of para-hydroxylation sites is 2. The molecule has 1 heterocycles. The number of amides is 1. The van der Waals surface area contributed by atoms with Crippen LogP contribution in [0.1, 0.15) is 6.42 Å². The van der Waals surface area contributed by atoms with Crippen molar-refractivity contribution < 1.29 is 22.7 Å². The first-order valence-electron chi connectivity index (χ1n) is 6.93. The third-order valence-electron chi connectivity index (χ3n) is 3.30. The van der Waals surface area contributed by atoms with Crippen LogP contribution in [0, 0.1) is 0 Å². The van der Waals surface area contributed by atoms with Crippen LogP contribution in [0.3, 0.4) is 0 Å². The Morgan fingerprint density at radius 1 is 1.45 bits per heavy atom. The molecule has 1 unspecified atom stereocenters. The Kier molecular flexibility index (Phi) is 5.25. The topological polar surface area (TPSA) is 84.9 Å². The van der Waals surface area contributed by atoms with Gasteiger partial charge in [-0.05, 0) is 12.1 Å². The van der Waals surface area contributed by atoms with Gasteiger partial charge in [-0.15, -0.1) is 0 Å². The van der Waals surface area contributed by atoms with E-state index in [4.69, 9.17) is 9.47 Å². The van der Waals surface area contributed by atoms with Crippen molar-refractivity contribution in [2.45, 2.75) is 12.5 Å². The van der Waals surface area contributed by atoms with Gasteiger partial charge in [-0.25, -0.2) is 8.42 Å². The monoisotopic (exact) mass is 328 g/mol. The molecular weight excluding hydrogens is 308 g/mol. The second-order valence-electron chi connectivity index (χ2n) is 4.98. The maximum Gasteiger partial charge on any atom is 0.261 e. The van der Waals surface area contributed by atoms with Gasteiger partial charge in [0.2, 0.25) is 10.0 Å². The van der Waals surface area contributed by atoms with Gasteiger partial charge in [0.1, 0.15) is 5.75 Å². The van der Waals surface area contributed by atoms with Gasteiger partial charge in [0.05, 0.1) is 18.6 Å². The normalized spacial score (nSPS) is 18.1. The third-order valence-corrected chi connectivity index (χ3v) is 4.48. The molecule has 1 aliphatic rings. The molecule has 0 radical (unpaired) electrons. The van der Waals surface area contributed by atoms with Gasteiger partial charge in [-0.3, -0.25) is 9.10 Å². The molecule has 1 aliphatic heterocycles. The Balaban J connectivity index is 2.20. The number of hydrogen-bond donors (Lipinski definition) is 1. The minimum atomic E-state index is -3.43. The van der Waals surface area contributed by atoms with E-state index < -0.39 is 16.1 Å². The molecule has 1 atom stereocenters. The minimum absolute atomic E-state index is 0.193. The number of ether oxygens (including phenoxy) is 2. The standard InChI is InChI=1S/C14H20N2O5S/c1-20-10-8-15-14(17)13-7-9-16(22(2,18)19)11-5-3-4-6-12(11)21-13/h3-6,13H,7-10H2,1-2H3,(H,15,17). The molecular formula is C14H20N2O5S. The van der Waals surface area contributed by atoms with E-state index in [0.29, 0.717) is 24.6 Å². The van der Waals surface area contributed by atoms with Crippen molar-refractivity contribution >= 4 is 21.6 Å². The van der Waals surface area contributed by atoms with Crippen LogP contribution >= 0.6 is 0 Å². The number of methoxy groups -OCH3 is 1. The van der Waals surface area contributed by atoms with Crippen molar-refractivity contribution in [2.24, 2.45) is 0 Å². The molecule has 7 nitrogen and oxygen atoms in total. The molecule has 22 heavy (non-hydrogen) atoms. The zero-order valence-electron chi connectivity index (χ0n) is 12.6. The van der Waals surface area contributed by atoms with Crippen molar-refractivity contribution in [1.82, 2.24) is 5.32 Å². The average Bonchev–Trinajstić information content (AvgIpc) is 2.66. The quantitative estimate of drug-likeness (QED) is 0.789. The second kappa shape index (κ2) is 6.97. The van der Waals surface area contributed by atoms with Crippen molar-refractivity contribution in [3.8, 4) is 5.75 Å². The molecule has 8 heteroatoms. The van der Waals surface area contributed by atoms with E-state index in [1.165, 1.54) is 4.31 Å². The fourth-order valence-corrected chi connectivity index (χ4v) is 3.19. The number of anilines is 1. The number of nitrogens with one attached hydrogen (secondary N) is 1. The molecule has 1 aromatic carbocycles. The average molecular weight is 328 g/mol. The summed E-state index contributed by atoms with van der Waals surface area (Å²) in [5.74, 6) is 0.111. The molecule has 0 aromatic heterocycles. The van der Waals surface area contributed by atoms with Crippen LogP contribution < -0.4 is 14.4 Å². The van der Waals surface area contributed by atoms with Crippen molar-refractivity contribution in [3.05, 3.63) is 24.3 Å². The number of carbonyl (C=O) groups excluding carboxylic acids is 1. The predicted octanol–water partition coefficient (Wildman–Crippen LogP) is 0.366. The van der Waals surface area contributed by atoms with E-state index in [9.17, 15) is 13.2 Å². The highest BCUT2D eigenvalue weighted by atomic mass is 32.2. The van der Waals surface area contributed by atoms with Crippen LogP contribution in [0.4, 0.5) is 5.69 Å². The van der Waals surface area contributed by atoms with Gasteiger partial charge in [-0.1, -0.05) is 12.1 Å². The minimum Gasteiger partial charge on any atom is -0.478 e. The lowest BCUT2D eigenvalue weighted by molar-refractivity contribution is -0.128. The van der Waals surface area contributed by atoms with E-state index >= 15 is 0 Å². The molecule has 1 aromatic rings. The summed E-state index contributed by atoms with van der Waals surface area (Å²) in [5.41, 5.74) is 0.456. The molecule has 122 valence electrons. The molecule has 0 spiro atoms. The summed E-state index contributed by atoms with van der Waals surface area (Å²) < 4.78 is 35.7. The Morgan fingerprint density at radius 2 is 2.18 bits per heavy atom. The summed E-state index contributed by atoms with van der Waals surface area (Å²) in [6.45, 7) is 0.982. The fourth-order valence-electron chi connectivity index (χ4n) is 2.25. The highest BCUT2D eigenvalue weighted by Gasteiger charge is 2.30. The van der Waals surface area contributed by atoms with Gasteiger partial charge >= 0.3 is 0 Å². The molecule has 1 N–H and O–H groups in total. The Morgan fingerprint density at radius 3 is 2.86 bits per heavy atom. The second-order valence-corrected chi connectivity index (χ2v) is 6.89. The summed E-state index contributed by atoms with van der Waals surface area (Å²) in [4.78, 5) is 12.1. The van der Waals surface area contributed by atoms with Crippen LogP contribution in [0.2, 0.25) is 0 Å². The van der Waals surface area contributed by atoms with E-state index in [2.05, 4.69) is 5.32 Å². The van der Waals surface area contributed by atoms with Gasteiger partial charge in [-0.2, -0.15) is 0 Å². The molecule has 0 saturated heterocycles. The highest BCUT2D eigenvalue weighted by Crippen LogP contribution is 2.33. The van der Waals surface area contributed by atoms with E-state index in [1.807, 2.05) is 0 Å². The van der Waals surface area contributed by atoms with Crippen molar-refractivity contribution in [2.75, 3.05) is 37.4 Å². The van der Waals surface area contributed by atoms with Gasteiger partial charge in [0.25, 0.3) is 5.91 Å². The van der Waals surface area contributed by atoms with Crippen LogP contribution in [-0.2, 0) is 19.6 Å². The first-order chi connectivity index (χ1) is 10.4. The SMILES string of the molecule is COCCNC(=O)C1CCN(S(C)(=O)=O)c2ccccc2O1. The van der Waals surface area contributed by atoms with Crippen LogP contribution in [-0.4, -0.2) is 53.5 Å². The third kappa shape index (κ3) is 3.89. The molecule has 0 saturated carbocycles. The van der Waals surface area contributed by atoms with Gasteiger partial charge in [0, 0.05) is 26.6 Å². The summed E-state index contributed by atoms with van der Waals surface area (Å²) >= 11 is 0. The summed E-state index contributed by atoms with van der Waals surface area (Å²) in [5, 5.41) is 2.71. The lowest BCUT2D eigenvalue weighted by Crippen LogP contribution is -2.41. The van der Waals surface area contributed by atoms with Gasteiger partial charge in [0.15, 0.2) is 6.10 Å². The Bertz CT molecular complexity index is 632. The zero-order valence-corrected chi connectivity index (χ0v) is 13.4. The summed E-state index contributed by atoms with van der Waals surface area (Å²) in [6.07, 6.45) is 0.688. The van der Waals surface area contributed by atoms with E-state index in [0.717, 1.165) is 6.26 Å². The first-order valence-corrected chi connectivity index (χ1v) is 8.78. The lowest BCUT2D eigenvalue weighted by Gasteiger charge is -2.20. The number of benzene rings is 1. The molecule has 2 rings (SSSR count). The van der Waals surface area contributed by atoms with Crippen molar-refractivity contribution in [1.29, 1.82) is 0 Å². The van der Waals surface area contributed by atoms with Crippen LogP contribution in [0.5, 0.6) is 5.75 Å². The Labute approximate surface area is 130 Å². The van der Waals surface area contributed by atoms with Gasteiger partial charge < -0.3 is 14.8 Å². The Hall–Kier alpha value is -1.80. The van der Waals surface area contributed by atoms with E-state index in [1.54, 1.807) is 31.4 Å². The number of hydrogen-bond acceptors (Lipinski definition) is 5. The number of carbonyl (C=O) groups is 1. The largest absolute Gasteiger partial charge is 0.478 e. The highest BCUT2D eigenvalue weighted by molar-refractivity contribution is 7.92. The molecule has 0 bridgehead atoms. The van der Waals surface area contributed by atoms with Crippen molar-refractivity contribution in [3.63, 3.8) is 0 Å². The number of fused-ring (bicyclic) bond motifs is 1. The van der Waals surface area contributed by atoms with Crippen LogP contribution in [0.15, 0.2) is 24.3 Å². The first kappa shape index (κ1) is 16.6. The molecule has 1 amide bonds. The number of rotatable bonds is 5. The smallest absolute Gasteiger partial charge is 0.261 e.